The molecule has 4 nitrogen and oxygen atoms in total. The van der Waals surface area contributed by atoms with Crippen molar-refractivity contribution in [2.75, 3.05) is 7.11 Å². The highest BCUT2D eigenvalue weighted by Crippen LogP contribution is 2.31. The Morgan fingerprint density at radius 1 is 1.44 bits per heavy atom. The maximum Gasteiger partial charge on any atom is 0.339 e. The first kappa shape index (κ1) is 13.8. The van der Waals surface area contributed by atoms with Crippen molar-refractivity contribution in [3.05, 3.63) is 27.2 Å². The third-order valence-electron chi connectivity index (χ3n) is 1.69. The molecule has 1 aromatic rings. The number of esters is 1. The summed E-state index contributed by atoms with van der Waals surface area (Å²) in [6.07, 6.45) is 0. The molecule has 1 rings (SSSR count). The summed E-state index contributed by atoms with van der Waals surface area (Å²) in [5.41, 5.74) is -0.0633. The van der Waals surface area contributed by atoms with Crippen LogP contribution in [0.3, 0.4) is 0 Å². The van der Waals surface area contributed by atoms with E-state index >= 15 is 0 Å². The van der Waals surface area contributed by atoms with Gasteiger partial charge >= 0.3 is 5.97 Å². The van der Waals surface area contributed by atoms with Crippen LogP contribution in [-0.2, 0) is 13.8 Å². The predicted octanol–water partition coefficient (Wildman–Crippen LogP) is 2.82. The Hall–Kier alpha value is -0.300. The topological polar surface area (TPSA) is 60.4 Å². The Balaban J connectivity index is 3.51. The van der Waals surface area contributed by atoms with E-state index in [4.69, 9.17) is 22.3 Å². The highest BCUT2D eigenvalue weighted by atomic mass is 79.9. The first-order chi connectivity index (χ1) is 7.27. The van der Waals surface area contributed by atoms with E-state index in [0.29, 0.717) is 0 Å². The summed E-state index contributed by atoms with van der Waals surface area (Å²) < 4.78 is 27.0. The van der Waals surface area contributed by atoms with Crippen molar-refractivity contribution in [1.29, 1.82) is 0 Å². The van der Waals surface area contributed by atoms with E-state index in [9.17, 15) is 13.2 Å². The molecule has 0 unspecified atom stereocenters. The number of halogens is 3. The van der Waals surface area contributed by atoms with Crippen LogP contribution in [0.4, 0.5) is 0 Å². The second-order valence-corrected chi connectivity index (χ2v) is 6.49. The van der Waals surface area contributed by atoms with Crippen LogP contribution in [0.1, 0.15) is 10.4 Å². The quantitative estimate of drug-likeness (QED) is 0.609. The minimum absolute atomic E-state index is 0.0633. The van der Waals surface area contributed by atoms with Gasteiger partial charge in [-0.25, -0.2) is 13.2 Å². The van der Waals surface area contributed by atoms with Crippen LogP contribution in [0, 0.1) is 0 Å². The molecule has 0 fully saturated rings. The number of rotatable bonds is 2. The van der Waals surface area contributed by atoms with Gasteiger partial charge in [-0.3, -0.25) is 0 Å². The monoisotopic (exact) mass is 346 g/mol. The lowest BCUT2D eigenvalue weighted by Crippen LogP contribution is -2.04. The van der Waals surface area contributed by atoms with Gasteiger partial charge in [0, 0.05) is 15.2 Å². The summed E-state index contributed by atoms with van der Waals surface area (Å²) in [5.74, 6) is -0.737. The minimum Gasteiger partial charge on any atom is -0.465 e. The molecule has 0 aliphatic rings. The van der Waals surface area contributed by atoms with E-state index in [1.807, 2.05) is 0 Å². The summed E-state index contributed by atoms with van der Waals surface area (Å²) in [7, 11) is 2.39. The van der Waals surface area contributed by atoms with Crippen LogP contribution in [0.25, 0.3) is 0 Å². The van der Waals surface area contributed by atoms with Crippen molar-refractivity contribution >= 4 is 53.2 Å². The van der Waals surface area contributed by atoms with Crippen LogP contribution in [-0.4, -0.2) is 21.5 Å². The molecule has 0 spiro atoms. The Bertz CT molecular complexity index is 541. The van der Waals surface area contributed by atoms with Crippen LogP contribution < -0.4 is 0 Å². The molecule has 0 heterocycles. The van der Waals surface area contributed by atoms with Crippen LogP contribution in [0.2, 0.25) is 5.02 Å². The molecule has 8 heteroatoms. The molecule has 0 saturated carbocycles. The molecule has 0 aliphatic heterocycles. The van der Waals surface area contributed by atoms with Gasteiger partial charge in [-0.1, -0.05) is 11.6 Å². The standard InChI is InChI=1S/C8H5BrCl2O4S/c1-15-8(12)4-2-7(16(11,13)14)5(9)3-6(4)10/h2-3H,1H3. The van der Waals surface area contributed by atoms with Crippen molar-refractivity contribution in [2.45, 2.75) is 4.90 Å². The molecule has 0 aliphatic carbocycles. The number of hydrogen-bond donors (Lipinski definition) is 0. The van der Waals surface area contributed by atoms with Crippen LogP contribution in [0.5, 0.6) is 0 Å². The number of benzene rings is 1. The van der Waals surface area contributed by atoms with Gasteiger partial charge in [-0.05, 0) is 28.1 Å². The smallest absolute Gasteiger partial charge is 0.339 e. The van der Waals surface area contributed by atoms with Crippen molar-refractivity contribution in [3.63, 3.8) is 0 Å². The predicted molar refractivity (Wildman–Crippen MR) is 63.5 cm³/mol. The summed E-state index contributed by atoms with van der Waals surface area (Å²) in [6.45, 7) is 0. The molecule has 0 bridgehead atoms. The Morgan fingerprint density at radius 3 is 2.44 bits per heavy atom. The zero-order valence-corrected chi connectivity index (χ0v) is 11.7. The molecule has 0 amide bonds. The molecule has 0 aromatic heterocycles. The van der Waals surface area contributed by atoms with Gasteiger partial charge in [-0.15, -0.1) is 0 Å². The number of hydrogen-bond acceptors (Lipinski definition) is 4. The lowest BCUT2D eigenvalue weighted by molar-refractivity contribution is 0.0600. The van der Waals surface area contributed by atoms with Gasteiger partial charge in [0.25, 0.3) is 9.05 Å². The fraction of sp³-hybridized carbons (Fsp3) is 0.125. The van der Waals surface area contributed by atoms with Crippen molar-refractivity contribution in [1.82, 2.24) is 0 Å². The van der Waals surface area contributed by atoms with E-state index in [2.05, 4.69) is 20.7 Å². The summed E-state index contributed by atoms with van der Waals surface area (Å²) in [5, 5.41) is 0.0720. The summed E-state index contributed by atoms with van der Waals surface area (Å²) >= 11 is 8.74. The van der Waals surface area contributed by atoms with Gasteiger partial charge < -0.3 is 4.74 Å². The summed E-state index contributed by atoms with van der Waals surface area (Å²) in [6, 6.07) is 2.32. The number of carbonyl (C=O) groups is 1. The molecular weight excluding hydrogens is 343 g/mol. The van der Waals surface area contributed by atoms with Crippen LogP contribution in [0.15, 0.2) is 21.5 Å². The first-order valence-electron chi connectivity index (χ1n) is 3.79. The third kappa shape index (κ3) is 2.88. The maximum atomic E-state index is 11.3. The second-order valence-electron chi connectivity index (χ2n) is 2.69. The number of methoxy groups -OCH3 is 1. The average Bonchev–Trinajstić information content (AvgIpc) is 2.14. The normalized spacial score (nSPS) is 11.2. The Labute approximate surface area is 110 Å². The largest absolute Gasteiger partial charge is 0.465 e. The van der Waals surface area contributed by atoms with E-state index in [0.717, 1.165) is 13.2 Å². The van der Waals surface area contributed by atoms with E-state index in [-0.39, 0.29) is 20.0 Å². The fourth-order valence-electron chi connectivity index (χ4n) is 0.982. The molecule has 88 valence electrons. The Kier molecular flexibility index (Phi) is 4.23. The van der Waals surface area contributed by atoms with Crippen molar-refractivity contribution < 1.29 is 17.9 Å². The van der Waals surface area contributed by atoms with Crippen molar-refractivity contribution in [3.8, 4) is 0 Å². The van der Waals surface area contributed by atoms with Gasteiger partial charge in [0.15, 0.2) is 0 Å². The highest BCUT2D eigenvalue weighted by Gasteiger charge is 2.20. The lowest BCUT2D eigenvalue weighted by Gasteiger charge is -2.06. The zero-order chi connectivity index (χ0) is 12.5. The van der Waals surface area contributed by atoms with Gasteiger partial charge in [0.2, 0.25) is 0 Å². The molecule has 0 N–H and O–H groups in total. The molecule has 0 radical (unpaired) electrons. The van der Waals surface area contributed by atoms with E-state index in [1.165, 1.54) is 6.07 Å². The molecular formula is C8H5BrCl2O4S. The van der Waals surface area contributed by atoms with Gasteiger partial charge in [0.05, 0.1) is 22.6 Å². The van der Waals surface area contributed by atoms with Gasteiger partial charge in [0.1, 0.15) is 0 Å². The average molecular weight is 348 g/mol. The highest BCUT2D eigenvalue weighted by molar-refractivity contribution is 9.10. The second kappa shape index (κ2) is 4.91. The number of ether oxygens (including phenoxy) is 1. The Morgan fingerprint density at radius 2 is 2.00 bits per heavy atom. The van der Waals surface area contributed by atoms with Crippen molar-refractivity contribution in [2.24, 2.45) is 0 Å². The lowest BCUT2D eigenvalue weighted by atomic mass is 10.2. The number of carbonyl (C=O) groups excluding carboxylic acids is 1. The summed E-state index contributed by atoms with van der Waals surface area (Å²) in [4.78, 5) is 11.0. The molecule has 1 aromatic carbocycles. The van der Waals surface area contributed by atoms with E-state index < -0.39 is 15.0 Å². The van der Waals surface area contributed by atoms with Crippen LogP contribution >= 0.6 is 38.2 Å². The maximum absolute atomic E-state index is 11.3. The van der Waals surface area contributed by atoms with Gasteiger partial charge in [-0.2, -0.15) is 0 Å². The first-order valence-corrected chi connectivity index (χ1v) is 7.27. The molecule has 16 heavy (non-hydrogen) atoms. The minimum atomic E-state index is -3.96. The fourth-order valence-corrected chi connectivity index (χ4v) is 3.55. The SMILES string of the molecule is COC(=O)c1cc(S(=O)(=O)Cl)c(Br)cc1Cl. The molecule has 0 saturated heterocycles. The zero-order valence-electron chi connectivity index (χ0n) is 7.83. The third-order valence-corrected chi connectivity index (χ3v) is 4.28. The molecule has 0 atom stereocenters. The van der Waals surface area contributed by atoms with E-state index in [1.54, 1.807) is 0 Å².